The minimum absolute atomic E-state index is 0.0247. The molecular weight excluding hydrogens is 425 g/mol. The monoisotopic (exact) mass is 440 g/mol. The topological polar surface area (TPSA) is 86.1 Å². The average molecular weight is 440 g/mol. The van der Waals surface area contributed by atoms with Crippen molar-refractivity contribution in [3.63, 3.8) is 0 Å². The van der Waals surface area contributed by atoms with Gasteiger partial charge in [0.1, 0.15) is 17.8 Å². The van der Waals surface area contributed by atoms with Gasteiger partial charge in [0.25, 0.3) is 0 Å². The molecule has 0 saturated carbocycles. The summed E-state index contributed by atoms with van der Waals surface area (Å²) in [7, 11) is 0. The van der Waals surface area contributed by atoms with E-state index in [9.17, 15) is 22.8 Å². The third-order valence-corrected chi connectivity index (χ3v) is 4.55. The number of Topliss-reactive ketones (excluding diaryl/α,β-unsaturated/α-hetero) is 1. The van der Waals surface area contributed by atoms with Crippen molar-refractivity contribution in [1.82, 2.24) is 14.5 Å². The Bertz CT molecular complexity index is 1330. The number of halogens is 3. The summed E-state index contributed by atoms with van der Waals surface area (Å²) >= 11 is 0. The molecule has 0 aliphatic rings. The van der Waals surface area contributed by atoms with Crippen molar-refractivity contribution in [2.75, 3.05) is 5.32 Å². The van der Waals surface area contributed by atoms with E-state index in [1.807, 2.05) is 0 Å². The van der Waals surface area contributed by atoms with Crippen LogP contribution < -0.4 is 10.1 Å². The number of carbonyl (C=O) groups excluding carboxylic acids is 2. The predicted molar refractivity (Wildman–Crippen MR) is 110 cm³/mol. The summed E-state index contributed by atoms with van der Waals surface area (Å²) in [5, 5.41) is 3.12. The van der Waals surface area contributed by atoms with E-state index in [-0.39, 0.29) is 23.0 Å². The van der Waals surface area contributed by atoms with Crippen LogP contribution in [0.1, 0.15) is 23.0 Å². The highest BCUT2D eigenvalue weighted by molar-refractivity contribution is 5.98. The van der Waals surface area contributed by atoms with Crippen LogP contribution in [-0.4, -0.2) is 26.3 Å². The quantitative estimate of drug-likeness (QED) is 0.422. The van der Waals surface area contributed by atoms with Crippen molar-refractivity contribution in [2.45, 2.75) is 13.1 Å². The second-order valence-electron chi connectivity index (χ2n) is 6.81. The van der Waals surface area contributed by atoms with E-state index in [4.69, 9.17) is 4.74 Å². The van der Waals surface area contributed by atoms with Gasteiger partial charge in [-0.05, 0) is 42.5 Å². The number of hydrogen-bond acceptors (Lipinski definition) is 5. The van der Waals surface area contributed by atoms with E-state index < -0.39 is 17.8 Å². The van der Waals surface area contributed by atoms with Crippen LogP contribution in [-0.2, 0) is 6.18 Å². The first-order chi connectivity index (χ1) is 15.2. The maximum Gasteiger partial charge on any atom is 0.416 e. The Hall–Kier alpha value is -4.21. The molecule has 162 valence electrons. The number of carbonyl (C=O) groups is 2. The lowest BCUT2D eigenvalue weighted by Gasteiger charge is -2.11. The van der Waals surface area contributed by atoms with Gasteiger partial charge in [-0.1, -0.05) is 6.07 Å². The van der Waals surface area contributed by atoms with Gasteiger partial charge < -0.3 is 10.1 Å². The van der Waals surface area contributed by atoms with Crippen molar-refractivity contribution in [3.8, 4) is 11.6 Å². The Kier molecular flexibility index (Phi) is 5.35. The highest BCUT2D eigenvalue weighted by Crippen LogP contribution is 2.31. The molecule has 32 heavy (non-hydrogen) atoms. The summed E-state index contributed by atoms with van der Waals surface area (Å²) in [4.78, 5) is 31.9. The minimum atomic E-state index is -4.51. The Morgan fingerprint density at radius 2 is 1.84 bits per heavy atom. The Morgan fingerprint density at radius 3 is 2.59 bits per heavy atom. The van der Waals surface area contributed by atoms with Crippen LogP contribution in [0.2, 0.25) is 0 Å². The van der Waals surface area contributed by atoms with Gasteiger partial charge in [0.05, 0.1) is 11.1 Å². The third kappa shape index (κ3) is 4.43. The minimum Gasteiger partial charge on any atom is -0.439 e. The SMILES string of the molecule is CC(=O)c1cc(Oc2ccc3c(ccn3C(=O)Nc3cccc(C(F)(F)F)c3)c2)ncn1. The lowest BCUT2D eigenvalue weighted by molar-refractivity contribution is -0.137. The van der Waals surface area contributed by atoms with Crippen LogP contribution in [0.5, 0.6) is 11.6 Å². The number of aromatic nitrogens is 3. The third-order valence-electron chi connectivity index (χ3n) is 4.55. The number of ketones is 1. The summed E-state index contributed by atoms with van der Waals surface area (Å²) in [5.41, 5.74) is -0.0915. The van der Waals surface area contributed by atoms with E-state index in [0.717, 1.165) is 12.1 Å². The second kappa shape index (κ2) is 8.14. The number of anilines is 1. The van der Waals surface area contributed by atoms with E-state index in [1.54, 1.807) is 24.3 Å². The molecule has 0 fully saturated rings. The van der Waals surface area contributed by atoms with Gasteiger partial charge in [-0.2, -0.15) is 13.2 Å². The second-order valence-corrected chi connectivity index (χ2v) is 6.81. The average Bonchev–Trinajstić information content (AvgIpc) is 3.17. The number of rotatable bonds is 4. The molecule has 0 radical (unpaired) electrons. The number of ether oxygens (including phenoxy) is 1. The van der Waals surface area contributed by atoms with Crippen LogP contribution in [0.3, 0.4) is 0 Å². The van der Waals surface area contributed by atoms with Gasteiger partial charge in [-0.25, -0.2) is 14.8 Å². The molecule has 0 aliphatic heterocycles. The molecule has 0 saturated heterocycles. The first-order valence-corrected chi connectivity index (χ1v) is 9.31. The van der Waals surface area contributed by atoms with Crippen molar-refractivity contribution < 1.29 is 27.5 Å². The van der Waals surface area contributed by atoms with E-state index in [1.165, 1.54) is 42.2 Å². The number of benzene rings is 2. The normalized spacial score (nSPS) is 11.4. The smallest absolute Gasteiger partial charge is 0.416 e. The first kappa shape index (κ1) is 21.0. The van der Waals surface area contributed by atoms with Crippen LogP contribution in [0.4, 0.5) is 23.7 Å². The van der Waals surface area contributed by atoms with Crippen LogP contribution in [0.25, 0.3) is 10.9 Å². The van der Waals surface area contributed by atoms with Gasteiger partial charge in [-0.3, -0.25) is 9.36 Å². The Labute approximate surface area is 179 Å². The fraction of sp³-hybridized carbons (Fsp3) is 0.0909. The number of fused-ring (bicyclic) bond motifs is 1. The summed E-state index contributed by atoms with van der Waals surface area (Å²) in [6, 6.07) is 11.8. The fourth-order valence-electron chi connectivity index (χ4n) is 3.03. The van der Waals surface area contributed by atoms with E-state index >= 15 is 0 Å². The molecule has 1 N–H and O–H groups in total. The fourth-order valence-corrected chi connectivity index (χ4v) is 3.03. The van der Waals surface area contributed by atoms with E-state index in [0.29, 0.717) is 16.7 Å². The molecule has 2 heterocycles. The van der Waals surface area contributed by atoms with Crippen molar-refractivity contribution in [1.29, 1.82) is 0 Å². The molecular formula is C22H15F3N4O3. The Morgan fingerprint density at radius 1 is 1.03 bits per heavy atom. The molecule has 10 heteroatoms. The number of nitrogens with one attached hydrogen (secondary N) is 1. The molecule has 4 aromatic rings. The van der Waals surface area contributed by atoms with Crippen molar-refractivity contribution in [2.24, 2.45) is 0 Å². The summed E-state index contributed by atoms with van der Waals surface area (Å²) < 4.78 is 45.6. The first-order valence-electron chi connectivity index (χ1n) is 9.31. The zero-order valence-electron chi connectivity index (χ0n) is 16.6. The molecule has 0 spiro atoms. The lowest BCUT2D eigenvalue weighted by Crippen LogP contribution is -2.18. The zero-order chi connectivity index (χ0) is 22.9. The number of alkyl halides is 3. The molecule has 2 aromatic carbocycles. The van der Waals surface area contributed by atoms with Gasteiger partial charge in [-0.15, -0.1) is 0 Å². The number of hydrogen-bond donors (Lipinski definition) is 1. The molecule has 0 unspecified atom stereocenters. The van der Waals surface area contributed by atoms with Crippen LogP contribution >= 0.6 is 0 Å². The van der Waals surface area contributed by atoms with Crippen LogP contribution in [0.15, 0.2) is 67.1 Å². The summed E-state index contributed by atoms with van der Waals surface area (Å²) in [5.74, 6) is 0.379. The summed E-state index contributed by atoms with van der Waals surface area (Å²) in [6.45, 7) is 1.38. The zero-order valence-corrected chi connectivity index (χ0v) is 16.6. The molecule has 0 bridgehead atoms. The molecule has 1 amide bonds. The largest absolute Gasteiger partial charge is 0.439 e. The maximum atomic E-state index is 12.9. The number of nitrogens with zero attached hydrogens (tertiary/aromatic N) is 3. The molecule has 0 aliphatic carbocycles. The van der Waals surface area contributed by atoms with Gasteiger partial charge in [0.15, 0.2) is 5.78 Å². The Balaban J connectivity index is 1.55. The van der Waals surface area contributed by atoms with Crippen molar-refractivity contribution >= 4 is 28.4 Å². The summed E-state index contributed by atoms with van der Waals surface area (Å²) in [6.07, 6.45) is -1.79. The maximum absolute atomic E-state index is 12.9. The van der Waals surface area contributed by atoms with Gasteiger partial charge >= 0.3 is 12.2 Å². The molecule has 4 rings (SSSR count). The standard InChI is InChI=1S/C22H15F3N4O3/c1-13(30)18-11-20(27-12-26-18)32-17-5-6-19-14(9-17)7-8-29(19)21(31)28-16-4-2-3-15(10-16)22(23,24)25/h2-12H,1H3,(H,28,31). The van der Waals surface area contributed by atoms with Crippen molar-refractivity contribution in [3.05, 3.63) is 78.4 Å². The lowest BCUT2D eigenvalue weighted by atomic mass is 10.2. The van der Waals surface area contributed by atoms with E-state index in [2.05, 4.69) is 15.3 Å². The van der Waals surface area contributed by atoms with Gasteiger partial charge in [0, 0.05) is 30.3 Å². The molecule has 7 nitrogen and oxygen atoms in total. The predicted octanol–water partition coefficient (Wildman–Crippen LogP) is 5.53. The van der Waals surface area contributed by atoms with Crippen LogP contribution in [0, 0.1) is 0 Å². The van der Waals surface area contributed by atoms with Gasteiger partial charge in [0.2, 0.25) is 5.88 Å². The number of amides is 1. The molecule has 0 atom stereocenters. The highest BCUT2D eigenvalue weighted by atomic mass is 19.4. The molecule has 2 aromatic heterocycles. The highest BCUT2D eigenvalue weighted by Gasteiger charge is 2.30.